The van der Waals surface area contributed by atoms with E-state index in [4.69, 9.17) is 4.74 Å². The van der Waals surface area contributed by atoms with Gasteiger partial charge in [0, 0.05) is 0 Å². The third-order valence-electron chi connectivity index (χ3n) is 4.66. The summed E-state index contributed by atoms with van der Waals surface area (Å²) in [6, 6.07) is 7.86. The predicted octanol–water partition coefficient (Wildman–Crippen LogP) is 4.12. The van der Waals surface area contributed by atoms with Crippen LogP contribution in [0.3, 0.4) is 0 Å². The SMILES string of the molecule is COc1ccc(C2(O)CCC(C(C)(C)C)CC2)cc1. The number of methoxy groups -OCH3 is 1. The van der Waals surface area contributed by atoms with Gasteiger partial charge in [-0.25, -0.2) is 0 Å². The Hall–Kier alpha value is -1.02. The van der Waals surface area contributed by atoms with Crippen molar-refractivity contribution in [3.05, 3.63) is 29.8 Å². The van der Waals surface area contributed by atoms with Gasteiger partial charge in [-0.3, -0.25) is 0 Å². The molecule has 1 aromatic rings. The predicted molar refractivity (Wildman–Crippen MR) is 78.3 cm³/mol. The lowest BCUT2D eigenvalue weighted by atomic mass is 9.67. The van der Waals surface area contributed by atoms with E-state index in [-0.39, 0.29) is 0 Å². The van der Waals surface area contributed by atoms with Crippen molar-refractivity contribution in [1.29, 1.82) is 0 Å². The molecule has 19 heavy (non-hydrogen) atoms. The van der Waals surface area contributed by atoms with Crippen LogP contribution in [-0.2, 0) is 5.60 Å². The summed E-state index contributed by atoms with van der Waals surface area (Å²) in [5.74, 6) is 1.56. The summed E-state index contributed by atoms with van der Waals surface area (Å²) < 4.78 is 5.17. The van der Waals surface area contributed by atoms with Gasteiger partial charge in [0.15, 0.2) is 0 Å². The summed E-state index contributed by atoms with van der Waals surface area (Å²) in [5.41, 5.74) is 0.732. The molecule has 1 aliphatic rings. The van der Waals surface area contributed by atoms with Crippen molar-refractivity contribution in [3.63, 3.8) is 0 Å². The minimum atomic E-state index is -0.645. The van der Waals surface area contributed by atoms with Crippen LogP contribution < -0.4 is 4.74 Å². The van der Waals surface area contributed by atoms with Crippen LogP contribution in [-0.4, -0.2) is 12.2 Å². The van der Waals surface area contributed by atoms with E-state index in [9.17, 15) is 5.11 Å². The van der Waals surface area contributed by atoms with Gasteiger partial charge < -0.3 is 9.84 Å². The first-order chi connectivity index (χ1) is 8.85. The fourth-order valence-electron chi connectivity index (χ4n) is 3.15. The molecular weight excluding hydrogens is 236 g/mol. The molecule has 0 atom stereocenters. The lowest BCUT2D eigenvalue weighted by Gasteiger charge is -2.41. The Bertz CT molecular complexity index is 406. The summed E-state index contributed by atoms with van der Waals surface area (Å²) in [6.07, 6.45) is 3.93. The molecule has 1 fully saturated rings. The van der Waals surface area contributed by atoms with Crippen molar-refractivity contribution in [2.24, 2.45) is 11.3 Å². The van der Waals surface area contributed by atoms with Gasteiger partial charge in [0.2, 0.25) is 0 Å². The maximum absolute atomic E-state index is 10.8. The highest BCUT2D eigenvalue weighted by molar-refractivity contribution is 5.31. The lowest BCUT2D eigenvalue weighted by molar-refractivity contribution is -0.0298. The maximum atomic E-state index is 10.8. The molecule has 106 valence electrons. The number of aliphatic hydroxyl groups is 1. The first-order valence-corrected chi connectivity index (χ1v) is 7.22. The number of ether oxygens (including phenoxy) is 1. The largest absolute Gasteiger partial charge is 0.497 e. The molecule has 1 N–H and O–H groups in total. The monoisotopic (exact) mass is 262 g/mol. The number of benzene rings is 1. The van der Waals surface area contributed by atoms with Crippen LogP contribution in [0.1, 0.15) is 52.0 Å². The Balaban J connectivity index is 2.08. The molecule has 1 aromatic carbocycles. The summed E-state index contributed by atoms with van der Waals surface area (Å²) in [7, 11) is 1.66. The van der Waals surface area contributed by atoms with Gasteiger partial charge in [-0.1, -0.05) is 32.9 Å². The Labute approximate surface area is 116 Å². The van der Waals surface area contributed by atoms with E-state index < -0.39 is 5.60 Å². The third-order valence-corrected chi connectivity index (χ3v) is 4.66. The minimum Gasteiger partial charge on any atom is -0.497 e. The van der Waals surface area contributed by atoms with Crippen LogP contribution in [0.15, 0.2) is 24.3 Å². The van der Waals surface area contributed by atoms with Crippen LogP contribution in [0.4, 0.5) is 0 Å². The van der Waals surface area contributed by atoms with Crippen molar-refractivity contribution in [2.45, 2.75) is 52.1 Å². The molecule has 0 aliphatic heterocycles. The van der Waals surface area contributed by atoms with Crippen LogP contribution in [0.5, 0.6) is 5.75 Å². The van der Waals surface area contributed by atoms with Crippen LogP contribution in [0, 0.1) is 11.3 Å². The van der Waals surface area contributed by atoms with E-state index in [0.29, 0.717) is 11.3 Å². The van der Waals surface area contributed by atoms with Gasteiger partial charge >= 0.3 is 0 Å². The zero-order chi connectivity index (χ0) is 14.1. The van der Waals surface area contributed by atoms with Crippen molar-refractivity contribution in [1.82, 2.24) is 0 Å². The smallest absolute Gasteiger partial charge is 0.118 e. The molecule has 0 heterocycles. The second-order valence-corrected chi connectivity index (χ2v) is 6.90. The van der Waals surface area contributed by atoms with E-state index in [1.165, 1.54) is 0 Å². The fraction of sp³-hybridized carbons (Fsp3) is 0.647. The molecule has 0 saturated heterocycles. The van der Waals surface area contributed by atoms with Gasteiger partial charge in [0.25, 0.3) is 0 Å². The van der Waals surface area contributed by atoms with Crippen molar-refractivity contribution in [3.8, 4) is 5.75 Å². The van der Waals surface area contributed by atoms with E-state index >= 15 is 0 Å². The Morgan fingerprint density at radius 2 is 1.63 bits per heavy atom. The maximum Gasteiger partial charge on any atom is 0.118 e. The average Bonchev–Trinajstić information content (AvgIpc) is 2.38. The first-order valence-electron chi connectivity index (χ1n) is 7.22. The Morgan fingerprint density at radius 1 is 1.11 bits per heavy atom. The number of rotatable bonds is 2. The molecular formula is C17H26O2. The first kappa shape index (κ1) is 14.4. The quantitative estimate of drug-likeness (QED) is 0.868. The summed E-state index contributed by atoms with van der Waals surface area (Å²) in [5, 5.41) is 10.8. The topological polar surface area (TPSA) is 29.5 Å². The molecule has 2 nitrogen and oxygen atoms in total. The summed E-state index contributed by atoms with van der Waals surface area (Å²) >= 11 is 0. The van der Waals surface area contributed by atoms with Crippen LogP contribution in [0.2, 0.25) is 0 Å². The number of hydrogen-bond acceptors (Lipinski definition) is 2. The zero-order valence-electron chi connectivity index (χ0n) is 12.6. The molecule has 0 aromatic heterocycles. The molecule has 0 spiro atoms. The molecule has 2 rings (SSSR count). The normalized spacial score (nSPS) is 28.2. The summed E-state index contributed by atoms with van der Waals surface area (Å²) in [6.45, 7) is 6.90. The Morgan fingerprint density at radius 3 is 2.05 bits per heavy atom. The van der Waals surface area contributed by atoms with E-state index in [0.717, 1.165) is 37.0 Å². The van der Waals surface area contributed by atoms with Gasteiger partial charge in [-0.15, -0.1) is 0 Å². The van der Waals surface area contributed by atoms with Crippen molar-refractivity contribution < 1.29 is 9.84 Å². The van der Waals surface area contributed by atoms with E-state index in [2.05, 4.69) is 20.8 Å². The fourth-order valence-corrected chi connectivity index (χ4v) is 3.15. The average molecular weight is 262 g/mol. The minimum absolute atomic E-state index is 0.348. The molecule has 0 unspecified atom stereocenters. The molecule has 0 radical (unpaired) electrons. The highest BCUT2D eigenvalue weighted by Crippen LogP contribution is 2.45. The zero-order valence-corrected chi connectivity index (χ0v) is 12.6. The van der Waals surface area contributed by atoms with Crippen LogP contribution in [0.25, 0.3) is 0 Å². The summed E-state index contributed by atoms with van der Waals surface area (Å²) in [4.78, 5) is 0. The molecule has 0 bridgehead atoms. The second-order valence-electron chi connectivity index (χ2n) is 6.90. The Kier molecular flexibility index (Phi) is 3.91. The van der Waals surface area contributed by atoms with Crippen molar-refractivity contribution in [2.75, 3.05) is 7.11 Å². The van der Waals surface area contributed by atoms with Gasteiger partial charge in [-0.05, 0) is 54.7 Å². The second kappa shape index (κ2) is 5.16. The van der Waals surface area contributed by atoms with Gasteiger partial charge in [0.1, 0.15) is 5.75 Å². The van der Waals surface area contributed by atoms with Crippen LogP contribution >= 0.6 is 0 Å². The van der Waals surface area contributed by atoms with Crippen molar-refractivity contribution >= 4 is 0 Å². The number of hydrogen-bond donors (Lipinski definition) is 1. The highest BCUT2D eigenvalue weighted by atomic mass is 16.5. The van der Waals surface area contributed by atoms with E-state index in [1.54, 1.807) is 7.11 Å². The van der Waals surface area contributed by atoms with Gasteiger partial charge in [-0.2, -0.15) is 0 Å². The highest BCUT2D eigenvalue weighted by Gasteiger charge is 2.38. The lowest BCUT2D eigenvalue weighted by Crippen LogP contribution is -2.35. The van der Waals surface area contributed by atoms with E-state index in [1.807, 2.05) is 24.3 Å². The van der Waals surface area contributed by atoms with Gasteiger partial charge in [0.05, 0.1) is 12.7 Å². The molecule has 2 heteroatoms. The third kappa shape index (κ3) is 3.11. The molecule has 1 saturated carbocycles. The molecule has 1 aliphatic carbocycles. The standard InChI is InChI=1S/C17H26O2/c1-16(2,3)13-9-11-17(18,12-10-13)14-5-7-15(19-4)8-6-14/h5-8,13,18H,9-12H2,1-4H3. The molecule has 0 amide bonds.